The van der Waals surface area contributed by atoms with E-state index < -0.39 is 12.5 Å². The summed E-state index contributed by atoms with van der Waals surface area (Å²) in [6, 6.07) is 4.78. The Morgan fingerprint density at radius 1 is 1.19 bits per heavy atom. The second-order valence-corrected chi connectivity index (χ2v) is 4.19. The molecule has 0 bridgehead atoms. The zero-order valence-electron chi connectivity index (χ0n) is 12.5. The minimum Gasteiger partial charge on any atom is -0.449 e. The summed E-state index contributed by atoms with van der Waals surface area (Å²) >= 11 is 0. The molecule has 1 amide bonds. The summed E-state index contributed by atoms with van der Waals surface area (Å²) < 4.78 is 44.3. The number of nitrogens with one attached hydrogen (secondary N) is 1. The van der Waals surface area contributed by atoms with Crippen LogP contribution in [0, 0.1) is 5.92 Å². The number of hydrogen-bond donors (Lipinski definition) is 1. The number of carbonyl (C=O) groups excluding carboxylic acids is 1. The molecule has 0 aliphatic carbocycles. The van der Waals surface area contributed by atoms with Gasteiger partial charge in [0.25, 0.3) is 0 Å². The van der Waals surface area contributed by atoms with Crippen LogP contribution in [0.25, 0.3) is 0 Å². The highest BCUT2D eigenvalue weighted by molar-refractivity contribution is 5.84. The summed E-state index contributed by atoms with van der Waals surface area (Å²) in [5.74, 6) is -0.151. The molecule has 0 aromatic heterocycles. The van der Waals surface area contributed by atoms with E-state index in [1.54, 1.807) is 0 Å². The van der Waals surface area contributed by atoms with E-state index in [-0.39, 0.29) is 18.3 Å². The van der Waals surface area contributed by atoms with Crippen LogP contribution in [0.5, 0.6) is 5.75 Å². The second-order valence-electron chi connectivity index (χ2n) is 4.19. The predicted molar refractivity (Wildman–Crippen MR) is 74.3 cm³/mol. The lowest BCUT2D eigenvalue weighted by Gasteiger charge is -2.10. The first-order chi connectivity index (χ1) is 9.76. The molecule has 0 saturated carbocycles. The van der Waals surface area contributed by atoms with Gasteiger partial charge in [0.15, 0.2) is 0 Å². The molecular formula is C14H20F3NO3. The number of alkyl halides is 3. The zero-order valence-corrected chi connectivity index (χ0v) is 12.5. The topological polar surface area (TPSA) is 47.6 Å². The van der Waals surface area contributed by atoms with Crippen molar-refractivity contribution in [3.05, 3.63) is 24.3 Å². The number of carbonyl (C=O) groups is 1. The molecule has 0 saturated heterocycles. The summed E-state index contributed by atoms with van der Waals surface area (Å²) in [5.41, 5.74) is 0.322. The van der Waals surface area contributed by atoms with Crippen molar-refractivity contribution < 1.29 is 27.4 Å². The molecule has 0 fully saturated rings. The molecule has 0 spiro atoms. The third kappa shape index (κ3) is 9.59. The number of benzene rings is 1. The van der Waals surface area contributed by atoms with Crippen molar-refractivity contribution in [2.24, 2.45) is 5.92 Å². The molecule has 0 heterocycles. The summed E-state index contributed by atoms with van der Waals surface area (Å²) in [5, 5.41) is 2.39. The monoisotopic (exact) mass is 307 g/mol. The van der Waals surface area contributed by atoms with Crippen molar-refractivity contribution in [1.29, 1.82) is 0 Å². The van der Waals surface area contributed by atoms with Gasteiger partial charge in [0.2, 0.25) is 0 Å². The second kappa shape index (κ2) is 9.10. The van der Waals surface area contributed by atoms with Crippen LogP contribution in [-0.2, 0) is 4.74 Å². The van der Waals surface area contributed by atoms with Gasteiger partial charge in [-0.3, -0.25) is 5.32 Å². The van der Waals surface area contributed by atoms with Gasteiger partial charge in [-0.1, -0.05) is 27.7 Å². The fourth-order valence-corrected chi connectivity index (χ4v) is 1.14. The van der Waals surface area contributed by atoms with Crippen molar-refractivity contribution in [1.82, 2.24) is 0 Å². The predicted octanol–water partition coefficient (Wildman–Crippen LogP) is 4.82. The van der Waals surface area contributed by atoms with Crippen molar-refractivity contribution in [2.45, 2.75) is 34.1 Å². The van der Waals surface area contributed by atoms with Gasteiger partial charge < -0.3 is 9.47 Å². The van der Waals surface area contributed by atoms with E-state index in [0.29, 0.717) is 5.69 Å². The van der Waals surface area contributed by atoms with Crippen LogP contribution in [0.1, 0.15) is 27.7 Å². The Bertz CT molecular complexity index is 416. The molecule has 1 rings (SSSR count). The normalized spacial score (nSPS) is 10.5. The van der Waals surface area contributed by atoms with E-state index in [9.17, 15) is 18.0 Å². The number of hydrogen-bond acceptors (Lipinski definition) is 3. The highest BCUT2D eigenvalue weighted by Gasteiger charge is 2.30. The van der Waals surface area contributed by atoms with Crippen LogP contribution in [0.4, 0.5) is 23.7 Å². The van der Waals surface area contributed by atoms with E-state index in [2.05, 4.69) is 10.1 Å². The molecular weight excluding hydrogens is 287 g/mol. The Hall–Kier alpha value is -1.92. The van der Waals surface area contributed by atoms with Crippen LogP contribution in [0.2, 0.25) is 0 Å². The minimum atomic E-state index is -4.73. The van der Waals surface area contributed by atoms with Gasteiger partial charge in [-0.25, -0.2) is 4.79 Å². The Balaban J connectivity index is 0.00000191. The average Bonchev–Trinajstić information content (AvgIpc) is 2.39. The Morgan fingerprint density at radius 3 is 2.14 bits per heavy atom. The van der Waals surface area contributed by atoms with Gasteiger partial charge in [-0.15, -0.1) is 13.2 Å². The first kappa shape index (κ1) is 19.1. The van der Waals surface area contributed by atoms with Crippen molar-refractivity contribution >= 4 is 11.8 Å². The Kier molecular flexibility index (Phi) is 8.26. The molecule has 0 aliphatic heterocycles. The van der Waals surface area contributed by atoms with E-state index in [1.807, 2.05) is 27.7 Å². The van der Waals surface area contributed by atoms with Crippen molar-refractivity contribution in [3.8, 4) is 5.75 Å². The molecule has 0 unspecified atom stereocenters. The van der Waals surface area contributed by atoms with Crippen LogP contribution in [-0.4, -0.2) is 19.1 Å². The van der Waals surface area contributed by atoms with Gasteiger partial charge >= 0.3 is 12.5 Å². The van der Waals surface area contributed by atoms with Crippen molar-refractivity contribution in [2.75, 3.05) is 11.9 Å². The number of halogens is 3. The maximum absolute atomic E-state index is 11.9. The lowest BCUT2D eigenvalue weighted by molar-refractivity contribution is -0.274. The van der Waals surface area contributed by atoms with E-state index in [1.165, 1.54) is 12.1 Å². The summed E-state index contributed by atoms with van der Waals surface area (Å²) in [4.78, 5) is 11.3. The molecule has 0 aliphatic rings. The van der Waals surface area contributed by atoms with Gasteiger partial charge in [0.05, 0.1) is 6.61 Å². The molecule has 0 radical (unpaired) electrons. The quantitative estimate of drug-likeness (QED) is 0.868. The minimum absolute atomic E-state index is 0.202. The average molecular weight is 307 g/mol. The molecule has 7 heteroatoms. The van der Waals surface area contributed by atoms with Crippen LogP contribution >= 0.6 is 0 Å². The smallest absolute Gasteiger partial charge is 0.449 e. The van der Waals surface area contributed by atoms with Crippen LogP contribution < -0.4 is 10.1 Å². The van der Waals surface area contributed by atoms with Gasteiger partial charge in [0.1, 0.15) is 5.75 Å². The van der Waals surface area contributed by atoms with E-state index >= 15 is 0 Å². The largest absolute Gasteiger partial charge is 0.573 e. The third-order valence-corrected chi connectivity index (χ3v) is 1.88. The lowest BCUT2D eigenvalue weighted by Crippen LogP contribution is -2.18. The van der Waals surface area contributed by atoms with Crippen LogP contribution in [0.3, 0.4) is 0 Å². The molecule has 1 aromatic carbocycles. The summed E-state index contributed by atoms with van der Waals surface area (Å²) in [6.45, 7) is 8.04. The highest BCUT2D eigenvalue weighted by atomic mass is 19.4. The summed E-state index contributed by atoms with van der Waals surface area (Å²) in [7, 11) is 0. The maximum atomic E-state index is 11.9. The van der Waals surface area contributed by atoms with E-state index in [4.69, 9.17) is 4.74 Å². The number of rotatable bonds is 4. The third-order valence-electron chi connectivity index (χ3n) is 1.88. The number of amides is 1. The molecule has 21 heavy (non-hydrogen) atoms. The van der Waals surface area contributed by atoms with Gasteiger partial charge in [-0.05, 0) is 30.2 Å². The van der Waals surface area contributed by atoms with Gasteiger partial charge in [-0.2, -0.15) is 0 Å². The molecule has 0 atom stereocenters. The lowest BCUT2D eigenvalue weighted by atomic mass is 10.2. The first-order valence-corrected chi connectivity index (χ1v) is 6.56. The maximum Gasteiger partial charge on any atom is 0.573 e. The Labute approximate surface area is 122 Å². The van der Waals surface area contributed by atoms with Gasteiger partial charge in [0, 0.05) is 5.69 Å². The number of anilines is 1. The Morgan fingerprint density at radius 2 is 1.71 bits per heavy atom. The van der Waals surface area contributed by atoms with E-state index in [0.717, 1.165) is 12.1 Å². The fourth-order valence-electron chi connectivity index (χ4n) is 1.14. The van der Waals surface area contributed by atoms with Crippen LogP contribution in [0.15, 0.2) is 24.3 Å². The zero-order chi connectivity index (χ0) is 16.5. The fraction of sp³-hybridized carbons (Fsp3) is 0.500. The first-order valence-electron chi connectivity index (χ1n) is 6.56. The SMILES string of the molecule is CC.CC(C)COC(=O)Nc1ccc(OC(F)(F)F)cc1. The standard InChI is InChI=1S/C12H14F3NO3.C2H6/c1-8(2)7-18-11(17)16-9-3-5-10(6-4-9)19-12(13,14)15;1-2/h3-6,8H,7H2,1-2H3,(H,16,17);1-2H3. The highest BCUT2D eigenvalue weighted by Crippen LogP contribution is 2.23. The molecule has 120 valence electrons. The summed E-state index contributed by atoms with van der Waals surface area (Å²) in [6.07, 6.45) is -5.39. The van der Waals surface area contributed by atoms with Crippen molar-refractivity contribution in [3.63, 3.8) is 0 Å². The molecule has 1 aromatic rings. The number of ether oxygens (including phenoxy) is 2. The molecule has 1 N–H and O–H groups in total. The molecule has 4 nitrogen and oxygen atoms in total.